The fourth-order valence-corrected chi connectivity index (χ4v) is 1.47. The number of halogens is 1. The lowest BCUT2D eigenvalue weighted by Gasteiger charge is -2.05. The molecule has 0 amide bonds. The molecule has 0 aliphatic heterocycles. The van der Waals surface area contributed by atoms with Gasteiger partial charge in [-0.1, -0.05) is 6.92 Å². The molecule has 0 aliphatic rings. The molecule has 1 rings (SSSR count). The first-order chi connectivity index (χ1) is 7.26. The van der Waals surface area contributed by atoms with Crippen molar-refractivity contribution in [1.82, 2.24) is 9.97 Å². The smallest absolute Gasteiger partial charge is 0.217 e. The van der Waals surface area contributed by atoms with Gasteiger partial charge in [-0.15, -0.1) is 12.3 Å². The maximum atomic E-state index is 5.39. The van der Waals surface area contributed by atoms with Gasteiger partial charge in [0, 0.05) is 18.9 Å². The van der Waals surface area contributed by atoms with Crippen molar-refractivity contribution in [2.24, 2.45) is 0 Å². The van der Waals surface area contributed by atoms with Crippen molar-refractivity contribution in [3.63, 3.8) is 0 Å². The van der Waals surface area contributed by atoms with E-state index in [9.17, 15) is 0 Å². The third-order valence-electron chi connectivity index (χ3n) is 1.69. The summed E-state index contributed by atoms with van der Waals surface area (Å²) in [7, 11) is 0. The van der Waals surface area contributed by atoms with Gasteiger partial charge in [0.15, 0.2) is 0 Å². The van der Waals surface area contributed by atoms with Crippen LogP contribution in [0.4, 0.5) is 0 Å². The molecule has 0 saturated heterocycles. The first-order valence-corrected chi connectivity index (χ1v) is 5.65. The lowest BCUT2D eigenvalue weighted by atomic mass is 10.3. The number of terminal acetylenes is 1. The minimum absolute atomic E-state index is 0.492. The van der Waals surface area contributed by atoms with Crippen molar-refractivity contribution in [3.05, 3.63) is 16.5 Å². The largest absolute Gasteiger partial charge is 0.477 e. The van der Waals surface area contributed by atoms with Crippen molar-refractivity contribution >= 4 is 15.9 Å². The Balaban J connectivity index is 2.67. The molecule has 0 bridgehead atoms. The maximum absolute atomic E-state index is 5.39. The van der Waals surface area contributed by atoms with Crippen LogP contribution in [-0.4, -0.2) is 16.6 Å². The van der Waals surface area contributed by atoms with Gasteiger partial charge in [-0.3, -0.25) is 0 Å². The average Bonchev–Trinajstić information content (AvgIpc) is 2.18. The van der Waals surface area contributed by atoms with E-state index in [-0.39, 0.29) is 0 Å². The molecule has 80 valence electrons. The lowest BCUT2D eigenvalue weighted by molar-refractivity contribution is 0.312. The quantitative estimate of drug-likeness (QED) is 0.468. The number of rotatable bonds is 5. The Kier molecular flexibility index (Phi) is 5.13. The summed E-state index contributed by atoms with van der Waals surface area (Å²) in [5, 5.41) is 0. The number of nitrogens with zero attached hydrogens (tertiary/aromatic N) is 2. The molecule has 0 aromatic carbocycles. The topological polar surface area (TPSA) is 35.0 Å². The summed E-state index contributed by atoms with van der Waals surface area (Å²) in [4.78, 5) is 8.50. The molecule has 0 fully saturated rings. The van der Waals surface area contributed by atoms with Gasteiger partial charge in [0.2, 0.25) is 5.88 Å². The third-order valence-corrected chi connectivity index (χ3v) is 2.09. The van der Waals surface area contributed by atoms with Gasteiger partial charge < -0.3 is 4.74 Å². The molecule has 0 spiro atoms. The molecule has 1 heterocycles. The molecule has 0 saturated carbocycles. The summed E-state index contributed by atoms with van der Waals surface area (Å²) >= 11 is 3.32. The van der Waals surface area contributed by atoms with Crippen LogP contribution in [-0.2, 0) is 6.42 Å². The Hall–Kier alpha value is -1.08. The molecule has 4 heteroatoms. The Bertz CT molecular complexity index is 360. The number of hydrogen-bond acceptors (Lipinski definition) is 3. The Labute approximate surface area is 98.4 Å². The van der Waals surface area contributed by atoms with E-state index >= 15 is 0 Å². The Morgan fingerprint density at radius 2 is 2.33 bits per heavy atom. The summed E-state index contributed by atoms with van der Waals surface area (Å²) < 4.78 is 6.14. The van der Waals surface area contributed by atoms with Gasteiger partial charge in [-0.25, -0.2) is 4.98 Å². The number of aromatic nitrogens is 2. The van der Waals surface area contributed by atoms with Crippen molar-refractivity contribution < 1.29 is 4.74 Å². The number of aryl methyl sites for hydroxylation is 1. The predicted octanol–water partition coefficient (Wildman–Crippen LogP) is 2.59. The van der Waals surface area contributed by atoms with E-state index in [1.165, 1.54) is 0 Å². The summed E-state index contributed by atoms with van der Waals surface area (Å²) in [5.41, 5.74) is 0. The van der Waals surface area contributed by atoms with Gasteiger partial charge in [0.25, 0.3) is 0 Å². The fraction of sp³-hybridized carbons (Fsp3) is 0.455. The van der Waals surface area contributed by atoms with E-state index in [4.69, 9.17) is 11.2 Å². The van der Waals surface area contributed by atoms with Crippen LogP contribution in [0.5, 0.6) is 5.88 Å². The average molecular weight is 269 g/mol. The molecule has 0 aliphatic carbocycles. The summed E-state index contributed by atoms with van der Waals surface area (Å²) in [6.07, 6.45) is 7.58. The third kappa shape index (κ3) is 4.30. The molecule has 0 N–H and O–H groups in total. The second-order valence-corrected chi connectivity index (χ2v) is 3.81. The number of ether oxygens (including phenoxy) is 1. The first-order valence-electron chi connectivity index (χ1n) is 4.86. The Morgan fingerprint density at radius 1 is 1.53 bits per heavy atom. The van der Waals surface area contributed by atoms with E-state index < -0.39 is 0 Å². The van der Waals surface area contributed by atoms with Gasteiger partial charge in [-0.05, 0) is 22.4 Å². The highest BCUT2D eigenvalue weighted by molar-refractivity contribution is 9.10. The van der Waals surface area contributed by atoms with Crippen molar-refractivity contribution in [1.29, 1.82) is 0 Å². The van der Waals surface area contributed by atoms with Crippen LogP contribution in [0.25, 0.3) is 0 Å². The highest BCUT2D eigenvalue weighted by Crippen LogP contribution is 2.15. The SMILES string of the molecule is C#CCCOc1cc(Br)nc(CCC)n1. The lowest BCUT2D eigenvalue weighted by Crippen LogP contribution is -2.02. The minimum Gasteiger partial charge on any atom is -0.477 e. The van der Waals surface area contributed by atoms with Gasteiger partial charge >= 0.3 is 0 Å². The van der Waals surface area contributed by atoms with Crippen LogP contribution in [0.2, 0.25) is 0 Å². The van der Waals surface area contributed by atoms with E-state index in [1.807, 2.05) is 0 Å². The van der Waals surface area contributed by atoms with Gasteiger partial charge in [-0.2, -0.15) is 4.98 Å². The highest BCUT2D eigenvalue weighted by atomic mass is 79.9. The first kappa shape index (κ1) is 12.0. The zero-order chi connectivity index (χ0) is 11.1. The van der Waals surface area contributed by atoms with Crippen molar-refractivity contribution in [3.8, 4) is 18.2 Å². The fourth-order valence-electron chi connectivity index (χ4n) is 1.07. The molecule has 0 unspecified atom stereocenters. The van der Waals surface area contributed by atoms with Crippen molar-refractivity contribution in [2.75, 3.05) is 6.61 Å². The monoisotopic (exact) mass is 268 g/mol. The van der Waals surface area contributed by atoms with Crippen LogP contribution >= 0.6 is 15.9 Å². The van der Waals surface area contributed by atoms with Crippen LogP contribution in [0.15, 0.2) is 10.7 Å². The summed E-state index contributed by atoms with van der Waals surface area (Å²) in [6, 6.07) is 1.75. The second-order valence-electron chi connectivity index (χ2n) is 3.00. The number of hydrogen-bond donors (Lipinski definition) is 0. The van der Waals surface area contributed by atoms with Gasteiger partial charge in [0.05, 0.1) is 0 Å². The molecule has 1 aromatic heterocycles. The highest BCUT2D eigenvalue weighted by Gasteiger charge is 2.02. The van der Waals surface area contributed by atoms with Crippen molar-refractivity contribution in [2.45, 2.75) is 26.2 Å². The van der Waals surface area contributed by atoms with Crippen LogP contribution in [0, 0.1) is 12.3 Å². The van der Waals surface area contributed by atoms with E-state index in [0.29, 0.717) is 18.9 Å². The molecule has 3 nitrogen and oxygen atoms in total. The molecule has 0 radical (unpaired) electrons. The molecular formula is C11H13BrN2O. The van der Waals surface area contributed by atoms with E-state index in [0.717, 1.165) is 23.3 Å². The van der Waals surface area contributed by atoms with Gasteiger partial charge in [0.1, 0.15) is 17.0 Å². The second kappa shape index (κ2) is 6.41. The summed E-state index contributed by atoms with van der Waals surface area (Å²) in [6.45, 7) is 2.58. The molecule has 1 aromatic rings. The normalized spacial score (nSPS) is 9.67. The molecule has 0 atom stereocenters. The Morgan fingerprint density at radius 3 is 3.00 bits per heavy atom. The van der Waals surface area contributed by atoms with Crippen LogP contribution in [0.3, 0.4) is 0 Å². The minimum atomic E-state index is 0.492. The molecule has 15 heavy (non-hydrogen) atoms. The zero-order valence-electron chi connectivity index (χ0n) is 8.66. The van der Waals surface area contributed by atoms with Crippen LogP contribution in [0.1, 0.15) is 25.6 Å². The van der Waals surface area contributed by atoms with Crippen LogP contribution < -0.4 is 4.74 Å². The zero-order valence-corrected chi connectivity index (χ0v) is 10.2. The summed E-state index contributed by atoms with van der Waals surface area (Å²) in [5.74, 6) is 3.89. The molecular weight excluding hydrogens is 256 g/mol. The predicted molar refractivity (Wildman–Crippen MR) is 62.7 cm³/mol. The standard InChI is InChI=1S/C11H13BrN2O/c1-3-5-7-15-11-8-9(12)13-10(14-11)6-4-2/h1,8H,4-7H2,2H3. The maximum Gasteiger partial charge on any atom is 0.217 e. The van der Waals surface area contributed by atoms with E-state index in [2.05, 4.69) is 38.7 Å². The van der Waals surface area contributed by atoms with E-state index in [1.54, 1.807) is 6.07 Å².